The SMILES string of the molecule is CC(=O)c1ccc(NC(=O)c2ccc(S(=O)(=O)N(C)Cc3ccco3)cc2)cc1. The molecule has 1 N–H and O–H groups in total. The van der Waals surface area contributed by atoms with E-state index in [-0.39, 0.29) is 23.1 Å². The van der Waals surface area contributed by atoms with Gasteiger partial charge in [0.15, 0.2) is 5.78 Å². The maximum absolute atomic E-state index is 12.7. The van der Waals surface area contributed by atoms with Crippen molar-refractivity contribution >= 4 is 27.4 Å². The predicted octanol–water partition coefficient (Wildman–Crippen LogP) is 3.56. The number of anilines is 1. The summed E-state index contributed by atoms with van der Waals surface area (Å²) < 4.78 is 31.7. The van der Waals surface area contributed by atoms with Gasteiger partial charge in [-0.2, -0.15) is 4.31 Å². The summed E-state index contributed by atoms with van der Waals surface area (Å²) in [5.74, 6) is 0.0908. The van der Waals surface area contributed by atoms with Gasteiger partial charge in [-0.3, -0.25) is 9.59 Å². The molecule has 0 unspecified atom stereocenters. The van der Waals surface area contributed by atoms with E-state index in [1.807, 2.05) is 0 Å². The number of hydrogen-bond acceptors (Lipinski definition) is 5. The first kappa shape index (κ1) is 20.5. The van der Waals surface area contributed by atoms with Gasteiger partial charge in [0, 0.05) is 23.9 Å². The molecule has 0 spiro atoms. The molecule has 150 valence electrons. The molecule has 1 heterocycles. The molecule has 1 aromatic heterocycles. The van der Waals surface area contributed by atoms with Crippen LogP contribution in [0.15, 0.2) is 76.2 Å². The maximum Gasteiger partial charge on any atom is 0.255 e. The lowest BCUT2D eigenvalue weighted by molar-refractivity contribution is 0.101. The first-order chi connectivity index (χ1) is 13.8. The van der Waals surface area contributed by atoms with Crippen molar-refractivity contribution in [1.82, 2.24) is 4.31 Å². The molecule has 0 saturated carbocycles. The fourth-order valence-corrected chi connectivity index (χ4v) is 3.79. The molecule has 0 aliphatic carbocycles. The molecule has 7 nitrogen and oxygen atoms in total. The Labute approximate surface area is 169 Å². The first-order valence-electron chi connectivity index (χ1n) is 8.78. The van der Waals surface area contributed by atoms with Crippen molar-refractivity contribution in [2.24, 2.45) is 0 Å². The van der Waals surface area contributed by atoms with Crippen molar-refractivity contribution in [3.63, 3.8) is 0 Å². The van der Waals surface area contributed by atoms with Crippen LogP contribution in [-0.2, 0) is 16.6 Å². The summed E-state index contributed by atoms with van der Waals surface area (Å²) in [6, 6.07) is 15.6. The summed E-state index contributed by atoms with van der Waals surface area (Å²) in [6.45, 7) is 1.57. The van der Waals surface area contributed by atoms with E-state index in [1.165, 1.54) is 48.8 Å². The minimum absolute atomic E-state index is 0.0586. The molecular weight excluding hydrogens is 392 g/mol. The third-order valence-electron chi connectivity index (χ3n) is 4.33. The molecule has 0 aliphatic rings. The van der Waals surface area contributed by atoms with E-state index in [0.29, 0.717) is 22.6 Å². The van der Waals surface area contributed by atoms with Gasteiger partial charge in [-0.25, -0.2) is 8.42 Å². The van der Waals surface area contributed by atoms with Crippen molar-refractivity contribution in [3.05, 3.63) is 83.8 Å². The second-order valence-corrected chi connectivity index (χ2v) is 8.50. The van der Waals surface area contributed by atoms with Gasteiger partial charge in [-0.15, -0.1) is 0 Å². The second-order valence-electron chi connectivity index (χ2n) is 6.45. The number of carbonyl (C=O) groups excluding carboxylic acids is 2. The van der Waals surface area contributed by atoms with E-state index in [2.05, 4.69) is 5.32 Å². The van der Waals surface area contributed by atoms with Crippen LogP contribution in [0.1, 0.15) is 33.4 Å². The van der Waals surface area contributed by atoms with Gasteiger partial charge in [-0.05, 0) is 67.6 Å². The number of amides is 1. The average molecular weight is 412 g/mol. The number of Topliss-reactive ketones (excluding diaryl/α,β-unsaturated/α-hetero) is 1. The summed E-state index contributed by atoms with van der Waals surface area (Å²) in [6.07, 6.45) is 1.48. The zero-order valence-corrected chi connectivity index (χ0v) is 16.8. The van der Waals surface area contributed by atoms with Gasteiger partial charge in [0.2, 0.25) is 10.0 Å². The molecule has 0 bridgehead atoms. The van der Waals surface area contributed by atoms with Crippen molar-refractivity contribution in [1.29, 1.82) is 0 Å². The Morgan fingerprint density at radius 1 is 0.966 bits per heavy atom. The van der Waals surface area contributed by atoms with E-state index < -0.39 is 10.0 Å². The molecule has 0 atom stereocenters. The predicted molar refractivity (Wildman–Crippen MR) is 108 cm³/mol. The van der Waals surface area contributed by atoms with Crippen LogP contribution in [-0.4, -0.2) is 31.5 Å². The minimum atomic E-state index is -3.72. The summed E-state index contributed by atoms with van der Waals surface area (Å²) >= 11 is 0. The van der Waals surface area contributed by atoms with Gasteiger partial charge in [0.25, 0.3) is 5.91 Å². The Kier molecular flexibility index (Phi) is 5.95. The molecule has 2 aromatic carbocycles. The van der Waals surface area contributed by atoms with Crippen molar-refractivity contribution in [2.45, 2.75) is 18.4 Å². The van der Waals surface area contributed by atoms with Gasteiger partial charge >= 0.3 is 0 Å². The number of carbonyl (C=O) groups is 2. The minimum Gasteiger partial charge on any atom is -0.468 e. The highest BCUT2D eigenvalue weighted by atomic mass is 32.2. The number of ketones is 1. The molecule has 3 rings (SSSR count). The van der Waals surface area contributed by atoms with Crippen molar-refractivity contribution in [2.75, 3.05) is 12.4 Å². The van der Waals surface area contributed by atoms with Crippen LogP contribution in [0.25, 0.3) is 0 Å². The lowest BCUT2D eigenvalue weighted by Crippen LogP contribution is -2.26. The van der Waals surface area contributed by atoms with Crippen molar-refractivity contribution < 1.29 is 22.4 Å². The largest absolute Gasteiger partial charge is 0.468 e. The zero-order valence-electron chi connectivity index (χ0n) is 16.0. The van der Waals surface area contributed by atoms with Crippen LogP contribution in [0, 0.1) is 0 Å². The second kappa shape index (κ2) is 8.42. The van der Waals surface area contributed by atoms with E-state index in [0.717, 1.165) is 0 Å². The van der Waals surface area contributed by atoms with E-state index in [4.69, 9.17) is 4.42 Å². The lowest BCUT2D eigenvalue weighted by Gasteiger charge is -2.16. The molecule has 0 fully saturated rings. The molecule has 1 amide bonds. The number of sulfonamides is 1. The highest BCUT2D eigenvalue weighted by Crippen LogP contribution is 2.19. The maximum atomic E-state index is 12.7. The smallest absolute Gasteiger partial charge is 0.255 e. The Morgan fingerprint density at radius 2 is 1.59 bits per heavy atom. The van der Waals surface area contributed by atoms with Crippen molar-refractivity contribution in [3.8, 4) is 0 Å². The fraction of sp³-hybridized carbons (Fsp3) is 0.143. The number of nitrogens with one attached hydrogen (secondary N) is 1. The summed E-state index contributed by atoms with van der Waals surface area (Å²) in [7, 11) is -2.26. The number of hydrogen-bond donors (Lipinski definition) is 1. The Balaban J connectivity index is 1.70. The summed E-state index contributed by atoms with van der Waals surface area (Å²) in [4.78, 5) is 23.8. The van der Waals surface area contributed by atoms with E-state index in [9.17, 15) is 18.0 Å². The Hall–Kier alpha value is -3.23. The molecule has 0 radical (unpaired) electrons. The number of benzene rings is 2. The van der Waals surface area contributed by atoms with Gasteiger partial charge in [0.1, 0.15) is 5.76 Å². The molecule has 29 heavy (non-hydrogen) atoms. The Morgan fingerprint density at radius 3 is 2.14 bits per heavy atom. The van der Waals surface area contributed by atoms with E-state index in [1.54, 1.807) is 36.4 Å². The van der Waals surface area contributed by atoms with Gasteiger partial charge in [0.05, 0.1) is 17.7 Å². The molecule has 0 aliphatic heterocycles. The highest BCUT2D eigenvalue weighted by Gasteiger charge is 2.22. The molecular formula is C21H20N2O5S. The average Bonchev–Trinajstić information content (AvgIpc) is 3.21. The molecule has 0 saturated heterocycles. The zero-order chi connectivity index (χ0) is 21.0. The number of furan rings is 1. The molecule has 8 heteroatoms. The third kappa shape index (κ3) is 4.79. The van der Waals surface area contributed by atoms with Crippen LogP contribution in [0.4, 0.5) is 5.69 Å². The van der Waals surface area contributed by atoms with Gasteiger partial charge < -0.3 is 9.73 Å². The third-order valence-corrected chi connectivity index (χ3v) is 6.15. The first-order valence-corrected chi connectivity index (χ1v) is 10.2. The normalized spacial score (nSPS) is 11.4. The fourth-order valence-electron chi connectivity index (χ4n) is 2.66. The Bertz CT molecular complexity index is 1100. The lowest BCUT2D eigenvalue weighted by atomic mass is 10.1. The van der Waals surface area contributed by atoms with Crippen LogP contribution >= 0.6 is 0 Å². The van der Waals surface area contributed by atoms with E-state index >= 15 is 0 Å². The highest BCUT2D eigenvalue weighted by molar-refractivity contribution is 7.89. The summed E-state index contributed by atoms with van der Waals surface area (Å²) in [5.41, 5.74) is 1.40. The van der Waals surface area contributed by atoms with Crippen LogP contribution in [0.3, 0.4) is 0 Å². The van der Waals surface area contributed by atoms with Gasteiger partial charge in [-0.1, -0.05) is 0 Å². The van der Waals surface area contributed by atoms with Crippen LogP contribution in [0.5, 0.6) is 0 Å². The topological polar surface area (TPSA) is 96.7 Å². The standard InChI is InChI=1S/C21H20N2O5S/c1-15(24)16-5-9-18(10-6-16)22-21(25)17-7-11-20(12-8-17)29(26,27)23(2)14-19-4-3-13-28-19/h3-13H,14H2,1-2H3,(H,22,25). The van der Waals surface area contributed by atoms with Crippen LogP contribution in [0.2, 0.25) is 0 Å². The number of nitrogens with zero attached hydrogens (tertiary/aromatic N) is 1. The van der Waals surface area contributed by atoms with Crippen LogP contribution < -0.4 is 5.32 Å². The molecule has 3 aromatic rings. The number of rotatable bonds is 7. The summed E-state index contributed by atoms with van der Waals surface area (Å²) in [5, 5.41) is 2.71. The quantitative estimate of drug-likeness (QED) is 0.599. The monoisotopic (exact) mass is 412 g/mol.